The van der Waals surface area contributed by atoms with E-state index in [1.807, 2.05) is 30.3 Å². The van der Waals surface area contributed by atoms with Crippen LogP contribution in [0.5, 0.6) is 0 Å². The molecule has 6 nitrogen and oxygen atoms in total. The molecule has 0 unspecified atom stereocenters. The highest BCUT2D eigenvalue weighted by Crippen LogP contribution is 2.23. The lowest BCUT2D eigenvalue weighted by Gasteiger charge is -2.02. The molecule has 2 heterocycles. The summed E-state index contributed by atoms with van der Waals surface area (Å²) in [6.07, 6.45) is 3.47. The molecular weight excluding hydrogens is 541 g/mol. The normalized spacial score (nSPS) is 10.6. The maximum Gasteiger partial charge on any atom is 0.236 e. The molecule has 0 atom stereocenters. The number of pyridine rings is 1. The molecule has 0 bridgehead atoms. The Bertz CT molecular complexity index is 943. The number of benzene rings is 1. The third-order valence-electron chi connectivity index (χ3n) is 3.38. The second kappa shape index (κ2) is 9.47. The van der Waals surface area contributed by atoms with E-state index in [1.165, 1.54) is 11.8 Å². The molecule has 1 N–H and O–H groups in total. The van der Waals surface area contributed by atoms with E-state index < -0.39 is 0 Å². The molecule has 0 saturated heterocycles. The van der Waals surface area contributed by atoms with Crippen molar-refractivity contribution in [1.29, 1.82) is 0 Å². The molecule has 2 aromatic heterocycles. The molecule has 3 rings (SSSR count). The van der Waals surface area contributed by atoms with E-state index in [-0.39, 0.29) is 11.7 Å². The first-order valence-electron chi connectivity index (χ1n) is 7.91. The van der Waals surface area contributed by atoms with E-state index in [0.717, 1.165) is 19.4 Å². The van der Waals surface area contributed by atoms with Crippen LogP contribution in [-0.4, -0.2) is 31.4 Å². The van der Waals surface area contributed by atoms with Crippen LogP contribution in [0, 0.1) is 3.57 Å². The third kappa shape index (κ3) is 5.63. The summed E-state index contributed by atoms with van der Waals surface area (Å²) in [7, 11) is 0. The number of allylic oxidation sites excluding steroid dienone is 1. The number of thioether (sulfide) groups is 1. The summed E-state index contributed by atoms with van der Waals surface area (Å²) >= 11 is 6.88. The van der Waals surface area contributed by atoms with Gasteiger partial charge in [-0.1, -0.05) is 45.9 Å². The third-order valence-corrected chi connectivity index (χ3v) is 5.39. The molecule has 0 saturated carbocycles. The topological polar surface area (TPSA) is 72.7 Å². The molecule has 9 heteroatoms. The SMILES string of the molecule is C=CCn1nc(SCC(=O)Nc2ccc(I)cn2)nc1-c1ccc(Br)cc1. The van der Waals surface area contributed by atoms with Crippen LogP contribution < -0.4 is 5.32 Å². The number of carbonyl (C=O) groups excluding carboxylic acids is 1. The number of hydrogen-bond donors (Lipinski definition) is 1. The molecule has 138 valence electrons. The van der Waals surface area contributed by atoms with Crippen LogP contribution in [0.2, 0.25) is 0 Å². The van der Waals surface area contributed by atoms with Crippen LogP contribution in [0.1, 0.15) is 0 Å². The summed E-state index contributed by atoms with van der Waals surface area (Å²) in [5, 5.41) is 7.79. The highest BCUT2D eigenvalue weighted by atomic mass is 127. The van der Waals surface area contributed by atoms with Crippen molar-refractivity contribution in [3.63, 3.8) is 0 Å². The minimum Gasteiger partial charge on any atom is -0.310 e. The molecule has 3 aromatic rings. The lowest BCUT2D eigenvalue weighted by atomic mass is 10.2. The van der Waals surface area contributed by atoms with Gasteiger partial charge in [-0.2, -0.15) is 0 Å². The van der Waals surface area contributed by atoms with Crippen LogP contribution >= 0.6 is 50.3 Å². The average molecular weight is 556 g/mol. The first-order valence-corrected chi connectivity index (χ1v) is 10.8. The zero-order valence-electron chi connectivity index (χ0n) is 14.1. The maximum atomic E-state index is 12.1. The smallest absolute Gasteiger partial charge is 0.236 e. The lowest BCUT2D eigenvalue weighted by Crippen LogP contribution is -2.15. The number of anilines is 1. The second-order valence-corrected chi connectivity index (χ2v) is 8.50. The number of rotatable bonds is 7. The van der Waals surface area contributed by atoms with E-state index in [2.05, 4.69) is 65.5 Å². The molecule has 0 aliphatic carbocycles. The maximum absolute atomic E-state index is 12.1. The van der Waals surface area contributed by atoms with Gasteiger partial charge >= 0.3 is 0 Å². The van der Waals surface area contributed by atoms with E-state index in [0.29, 0.717) is 17.5 Å². The fourth-order valence-corrected chi connectivity index (χ4v) is 3.43. The van der Waals surface area contributed by atoms with Crippen LogP contribution in [0.15, 0.2) is 64.9 Å². The van der Waals surface area contributed by atoms with Gasteiger partial charge < -0.3 is 5.32 Å². The van der Waals surface area contributed by atoms with E-state index >= 15 is 0 Å². The van der Waals surface area contributed by atoms with Crippen molar-refractivity contribution in [3.05, 3.63) is 63.3 Å². The predicted molar refractivity (Wildman–Crippen MR) is 120 cm³/mol. The molecule has 0 spiro atoms. The highest BCUT2D eigenvalue weighted by Gasteiger charge is 2.13. The zero-order chi connectivity index (χ0) is 19.2. The Balaban J connectivity index is 1.68. The number of nitrogens with zero attached hydrogens (tertiary/aromatic N) is 4. The number of nitrogens with one attached hydrogen (secondary N) is 1. The van der Waals surface area contributed by atoms with Crippen molar-refractivity contribution < 1.29 is 4.79 Å². The molecule has 1 aromatic carbocycles. The van der Waals surface area contributed by atoms with Gasteiger partial charge in [0.05, 0.1) is 12.3 Å². The molecule has 0 aliphatic rings. The van der Waals surface area contributed by atoms with E-state index in [4.69, 9.17) is 0 Å². The Morgan fingerprint density at radius 1 is 1.30 bits per heavy atom. The van der Waals surface area contributed by atoms with Gasteiger partial charge in [-0.25, -0.2) is 14.6 Å². The monoisotopic (exact) mass is 555 g/mol. The summed E-state index contributed by atoms with van der Waals surface area (Å²) < 4.78 is 3.78. The Morgan fingerprint density at radius 2 is 2.07 bits per heavy atom. The predicted octanol–water partition coefficient (Wildman–Crippen LogP) is 4.62. The molecule has 27 heavy (non-hydrogen) atoms. The number of halogens is 2. The van der Waals surface area contributed by atoms with Gasteiger partial charge in [0.15, 0.2) is 5.82 Å². The van der Waals surface area contributed by atoms with Gasteiger partial charge in [0.1, 0.15) is 5.82 Å². The molecule has 0 radical (unpaired) electrons. The zero-order valence-corrected chi connectivity index (χ0v) is 18.7. The summed E-state index contributed by atoms with van der Waals surface area (Å²) in [6.45, 7) is 4.31. The van der Waals surface area contributed by atoms with E-state index in [9.17, 15) is 4.79 Å². The van der Waals surface area contributed by atoms with E-state index in [1.54, 1.807) is 23.0 Å². The number of hydrogen-bond acceptors (Lipinski definition) is 5. The number of aromatic nitrogens is 4. The lowest BCUT2D eigenvalue weighted by molar-refractivity contribution is -0.113. The fraction of sp³-hybridized carbons (Fsp3) is 0.111. The first kappa shape index (κ1) is 20.0. The van der Waals surface area contributed by atoms with Crippen LogP contribution in [0.4, 0.5) is 5.82 Å². The van der Waals surface area contributed by atoms with Gasteiger partial charge in [0, 0.05) is 19.8 Å². The first-order chi connectivity index (χ1) is 13.0. The van der Waals surface area contributed by atoms with Gasteiger partial charge in [-0.05, 0) is 46.9 Å². The van der Waals surface area contributed by atoms with Crippen LogP contribution in [0.3, 0.4) is 0 Å². The summed E-state index contributed by atoms with van der Waals surface area (Å²) in [5.41, 5.74) is 0.951. The number of amides is 1. The van der Waals surface area contributed by atoms with Crippen molar-refractivity contribution in [2.75, 3.05) is 11.1 Å². The molecule has 1 amide bonds. The minimum absolute atomic E-state index is 0.154. The summed E-state index contributed by atoms with van der Waals surface area (Å²) in [4.78, 5) is 20.9. The van der Waals surface area contributed by atoms with Crippen molar-refractivity contribution in [3.8, 4) is 11.4 Å². The van der Waals surface area contributed by atoms with Crippen LogP contribution in [0.25, 0.3) is 11.4 Å². The van der Waals surface area contributed by atoms with Crippen LogP contribution in [-0.2, 0) is 11.3 Å². The minimum atomic E-state index is -0.154. The molecule has 0 aliphatic heterocycles. The Hall–Kier alpha value is -1.72. The highest BCUT2D eigenvalue weighted by molar-refractivity contribution is 14.1. The van der Waals surface area contributed by atoms with Crippen molar-refractivity contribution in [1.82, 2.24) is 19.7 Å². The second-order valence-electron chi connectivity index (χ2n) is 5.39. The Morgan fingerprint density at radius 3 is 2.74 bits per heavy atom. The summed E-state index contributed by atoms with van der Waals surface area (Å²) in [6, 6.07) is 11.5. The number of carbonyl (C=O) groups is 1. The quantitative estimate of drug-likeness (QED) is 0.261. The largest absolute Gasteiger partial charge is 0.310 e. The Kier molecular flexibility index (Phi) is 7.02. The molecule has 0 fully saturated rings. The standard InChI is InChI=1S/C18H15BrIN5OS/c1-2-9-25-17(12-3-5-13(19)6-4-12)23-18(24-25)27-11-16(26)22-15-8-7-14(20)10-21-15/h2-8,10H,1,9,11H2,(H,21,22,26). The van der Waals surface area contributed by atoms with Gasteiger partial charge in [0.25, 0.3) is 0 Å². The molecular formula is C18H15BrIN5OS. The van der Waals surface area contributed by atoms with Gasteiger partial charge in [-0.3, -0.25) is 4.79 Å². The van der Waals surface area contributed by atoms with Crippen molar-refractivity contribution in [2.45, 2.75) is 11.7 Å². The van der Waals surface area contributed by atoms with Gasteiger partial charge in [0.2, 0.25) is 11.1 Å². The van der Waals surface area contributed by atoms with Gasteiger partial charge in [-0.15, -0.1) is 11.7 Å². The van der Waals surface area contributed by atoms with Crippen molar-refractivity contribution in [2.24, 2.45) is 0 Å². The Labute approximate surface area is 183 Å². The van der Waals surface area contributed by atoms with Crippen molar-refractivity contribution >= 4 is 62.0 Å². The fourth-order valence-electron chi connectivity index (χ4n) is 2.20. The average Bonchev–Trinajstić information content (AvgIpc) is 3.06. The summed E-state index contributed by atoms with van der Waals surface area (Å²) in [5.74, 6) is 1.32.